The van der Waals surface area contributed by atoms with E-state index in [0.717, 1.165) is 12.5 Å². The van der Waals surface area contributed by atoms with Crippen LogP contribution < -0.4 is 0 Å². The Hall–Kier alpha value is -2.31. The number of aromatic nitrogens is 3. The maximum absolute atomic E-state index is 13.2. The first-order valence-corrected chi connectivity index (χ1v) is 7.65. The molecule has 0 spiro atoms. The highest BCUT2D eigenvalue weighted by atomic mass is 19.1. The van der Waals surface area contributed by atoms with Gasteiger partial charge >= 0.3 is 0 Å². The van der Waals surface area contributed by atoms with Gasteiger partial charge in [-0.2, -0.15) is 5.10 Å². The predicted octanol–water partition coefficient (Wildman–Crippen LogP) is 2.04. The van der Waals surface area contributed by atoms with E-state index in [-0.39, 0.29) is 11.8 Å². The number of likely N-dealkylation sites (tertiary alicyclic amines) is 1. The zero-order chi connectivity index (χ0) is 16.2. The summed E-state index contributed by atoms with van der Waals surface area (Å²) in [6.07, 6.45) is 4.84. The third-order valence-electron chi connectivity index (χ3n) is 4.11. The number of benzene rings is 1. The van der Waals surface area contributed by atoms with Gasteiger partial charge < -0.3 is 4.90 Å². The van der Waals surface area contributed by atoms with E-state index in [1.54, 1.807) is 11.0 Å². The number of hydrogen-bond donors (Lipinski definition) is 0. The van der Waals surface area contributed by atoms with E-state index in [0.29, 0.717) is 38.0 Å². The molecule has 0 saturated carbocycles. The van der Waals surface area contributed by atoms with Crippen molar-refractivity contribution in [1.29, 1.82) is 0 Å². The Balaban J connectivity index is 1.50. The van der Waals surface area contributed by atoms with E-state index in [1.165, 1.54) is 18.5 Å². The standard InChI is InChI=1S/C16H18F2N4O/c17-14-6-13(7-15(18)8-14)5-12-1-3-21(9-12)16(23)2-4-22-11-19-10-20-22/h6-8,10-12H,1-5,9H2. The fraction of sp³-hybridized carbons (Fsp3) is 0.438. The molecule has 1 aliphatic rings. The summed E-state index contributed by atoms with van der Waals surface area (Å²) in [6.45, 7) is 1.84. The molecule has 1 unspecified atom stereocenters. The number of carbonyl (C=O) groups excluding carboxylic acids is 1. The Morgan fingerprint density at radius 3 is 2.74 bits per heavy atom. The molecular formula is C16H18F2N4O. The van der Waals surface area contributed by atoms with Crippen molar-refractivity contribution in [2.75, 3.05) is 13.1 Å². The highest BCUT2D eigenvalue weighted by molar-refractivity contribution is 5.76. The molecular weight excluding hydrogens is 302 g/mol. The lowest BCUT2D eigenvalue weighted by Crippen LogP contribution is -2.29. The second-order valence-corrected chi connectivity index (χ2v) is 5.88. The molecule has 1 atom stereocenters. The number of halogens is 2. The van der Waals surface area contributed by atoms with Gasteiger partial charge in [-0.05, 0) is 36.5 Å². The summed E-state index contributed by atoms with van der Waals surface area (Å²) in [4.78, 5) is 17.8. The molecule has 1 fully saturated rings. The summed E-state index contributed by atoms with van der Waals surface area (Å²) in [6, 6.07) is 3.59. The molecule has 2 aromatic rings. The van der Waals surface area contributed by atoms with Gasteiger partial charge in [0.25, 0.3) is 0 Å². The first kappa shape index (κ1) is 15.6. The van der Waals surface area contributed by atoms with Gasteiger partial charge in [0.1, 0.15) is 24.3 Å². The van der Waals surface area contributed by atoms with E-state index in [1.807, 2.05) is 4.90 Å². The first-order chi connectivity index (χ1) is 11.1. The van der Waals surface area contributed by atoms with Gasteiger partial charge in [0.15, 0.2) is 0 Å². The Labute approximate surface area is 132 Å². The average molecular weight is 320 g/mol. The van der Waals surface area contributed by atoms with Crippen molar-refractivity contribution in [1.82, 2.24) is 19.7 Å². The number of rotatable bonds is 5. The topological polar surface area (TPSA) is 51.0 Å². The lowest BCUT2D eigenvalue weighted by Gasteiger charge is -2.16. The third kappa shape index (κ3) is 4.12. The molecule has 23 heavy (non-hydrogen) atoms. The molecule has 1 saturated heterocycles. The Kier molecular flexibility index (Phi) is 4.64. The zero-order valence-corrected chi connectivity index (χ0v) is 12.7. The van der Waals surface area contributed by atoms with E-state index in [9.17, 15) is 13.6 Å². The molecule has 0 bridgehead atoms. The monoisotopic (exact) mass is 320 g/mol. The Morgan fingerprint density at radius 2 is 2.04 bits per heavy atom. The highest BCUT2D eigenvalue weighted by Gasteiger charge is 2.26. The molecule has 2 heterocycles. The quantitative estimate of drug-likeness (QED) is 0.847. The smallest absolute Gasteiger partial charge is 0.224 e. The van der Waals surface area contributed by atoms with Crippen LogP contribution >= 0.6 is 0 Å². The van der Waals surface area contributed by atoms with Gasteiger partial charge in [-0.25, -0.2) is 13.8 Å². The fourth-order valence-corrected chi connectivity index (χ4v) is 3.00. The molecule has 1 amide bonds. The molecule has 1 aromatic heterocycles. The molecule has 1 aromatic carbocycles. The lowest BCUT2D eigenvalue weighted by molar-refractivity contribution is -0.130. The molecule has 0 aliphatic carbocycles. The minimum atomic E-state index is -0.557. The maximum atomic E-state index is 13.2. The minimum Gasteiger partial charge on any atom is -0.342 e. The summed E-state index contributed by atoms with van der Waals surface area (Å²) < 4.78 is 28.1. The Morgan fingerprint density at radius 1 is 1.26 bits per heavy atom. The van der Waals surface area contributed by atoms with E-state index in [2.05, 4.69) is 10.1 Å². The van der Waals surface area contributed by atoms with E-state index < -0.39 is 11.6 Å². The van der Waals surface area contributed by atoms with Crippen molar-refractivity contribution in [3.63, 3.8) is 0 Å². The van der Waals surface area contributed by atoms with Gasteiger partial charge in [-0.3, -0.25) is 9.48 Å². The summed E-state index contributed by atoms with van der Waals surface area (Å²) in [5.41, 5.74) is 0.643. The second-order valence-electron chi connectivity index (χ2n) is 5.88. The predicted molar refractivity (Wildman–Crippen MR) is 79.4 cm³/mol. The molecule has 0 N–H and O–H groups in total. The van der Waals surface area contributed by atoms with Crippen LogP contribution in [-0.2, 0) is 17.8 Å². The van der Waals surface area contributed by atoms with E-state index in [4.69, 9.17) is 0 Å². The summed E-state index contributed by atoms with van der Waals surface area (Å²) >= 11 is 0. The zero-order valence-electron chi connectivity index (χ0n) is 12.7. The number of aryl methyl sites for hydroxylation is 1. The number of amides is 1. The largest absolute Gasteiger partial charge is 0.342 e. The first-order valence-electron chi connectivity index (χ1n) is 7.65. The van der Waals surface area contributed by atoms with Crippen molar-refractivity contribution in [3.05, 3.63) is 48.1 Å². The average Bonchev–Trinajstić information content (AvgIpc) is 3.15. The SMILES string of the molecule is O=C(CCn1cncn1)N1CCC(Cc2cc(F)cc(F)c2)C1. The van der Waals surface area contributed by atoms with Crippen molar-refractivity contribution < 1.29 is 13.6 Å². The molecule has 3 rings (SSSR count). The van der Waals surface area contributed by atoms with Gasteiger partial charge in [-0.1, -0.05) is 0 Å². The van der Waals surface area contributed by atoms with Crippen LogP contribution in [0.1, 0.15) is 18.4 Å². The van der Waals surface area contributed by atoms with Crippen molar-refractivity contribution in [2.45, 2.75) is 25.8 Å². The lowest BCUT2D eigenvalue weighted by atomic mass is 9.98. The fourth-order valence-electron chi connectivity index (χ4n) is 3.00. The van der Waals surface area contributed by atoms with Gasteiger partial charge in [-0.15, -0.1) is 0 Å². The van der Waals surface area contributed by atoms with Gasteiger partial charge in [0, 0.05) is 25.6 Å². The van der Waals surface area contributed by atoms with Crippen LogP contribution in [0.3, 0.4) is 0 Å². The Bertz CT molecular complexity index is 654. The van der Waals surface area contributed by atoms with Gasteiger partial charge in [0.05, 0.1) is 6.54 Å². The summed E-state index contributed by atoms with van der Waals surface area (Å²) in [5, 5.41) is 3.97. The van der Waals surface area contributed by atoms with Crippen molar-refractivity contribution >= 4 is 5.91 Å². The molecule has 5 nitrogen and oxygen atoms in total. The van der Waals surface area contributed by atoms with Crippen LogP contribution in [0.25, 0.3) is 0 Å². The molecule has 0 radical (unpaired) electrons. The van der Waals surface area contributed by atoms with E-state index >= 15 is 0 Å². The number of hydrogen-bond acceptors (Lipinski definition) is 3. The summed E-state index contributed by atoms with van der Waals surface area (Å²) in [7, 11) is 0. The van der Waals surface area contributed by atoms with Crippen LogP contribution in [0, 0.1) is 17.6 Å². The van der Waals surface area contributed by atoms with Crippen LogP contribution in [0.5, 0.6) is 0 Å². The van der Waals surface area contributed by atoms with Crippen LogP contribution in [-0.4, -0.2) is 38.7 Å². The maximum Gasteiger partial charge on any atom is 0.224 e. The molecule has 1 aliphatic heterocycles. The molecule has 122 valence electrons. The number of carbonyl (C=O) groups is 1. The molecule has 7 heteroatoms. The normalized spacial score (nSPS) is 17.7. The number of nitrogens with zero attached hydrogens (tertiary/aromatic N) is 4. The van der Waals surface area contributed by atoms with Crippen molar-refractivity contribution in [2.24, 2.45) is 5.92 Å². The van der Waals surface area contributed by atoms with Crippen LogP contribution in [0.2, 0.25) is 0 Å². The second kappa shape index (κ2) is 6.85. The van der Waals surface area contributed by atoms with Crippen molar-refractivity contribution in [3.8, 4) is 0 Å². The highest BCUT2D eigenvalue weighted by Crippen LogP contribution is 2.22. The van der Waals surface area contributed by atoms with Crippen LogP contribution in [0.4, 0.5) is 8.78 Å². The summed E-state index contributed by atoms with van der Waals surface area (Å²) in [5.74, 6) is -0.794. The minimum absolute atomic E-state index is 0.0772. The third-order valence-corrected chi connectivity index (χ3v) is 4.11. The van der Waals surface area contributed by atoms with Gasteiger partial charge in [0.2, 0.25) is 5.91 Å². The van der Waals surface area contributed by atoms with Crippen LogP contribution in [0.15, 0.2) is 30.9 Å².